The van der Waals surface area contributed by atoms with Gasteiger partial charge in [0.25, 0.3) is 0 Å². The van der Waals surface area contributed by atoms with Crippen LogP contribution in [0.2, 0.25) is 0 Å². The molecule has 0 radical (unpaired) electrons. The van der Waals surface area contributed by atoms with Gasteiger partial charge < -0.3 is 14.0 Å². The Morgan fingerprint density at radius 1 is 1.17 bits per heavy atom. The highest BCUT2D eigenvalue weighted by molar-refractivity contribution is 7.07. The summed E-state index contributed by atoms with van der Waals surface area (Å²) in [5, 5.41) is 6.19. The summed E-state index contributed by atoms with van der Waals surface area (Å²) in [4.78, 5) is 17.1. The number of carbonyl (C=O) groups is 1. The van der Waals surface area contributed by atoms with Crippen LogP contribution < -0.4 is 10.1 Å². The molecule has 2 aliphatic rings. The van der Waals surface area contributed by atoms with Gasteiger partial charge in [-0.3, -0.25) is 5.32 Å². The van der Waals surface area contributed by atoms with Crippen LogP contribution in [0.4, 0.5) is 10.5 Å². The van der Waals surface area contributed by atoms with E-state index in [1.807, 2.05) is 31.5 Å². The van der Waals surface area contributed by atoms with Crippen LogP contribution in [0.3, 0.4) is 0 Å². The summed E-state index contributed by atoms with van der Waals surface area (Å²) in [5.41, 5.74) is 8.22. The van der Waals surface area contributed by atoms with Gasteiger partial charge in [0.05, 0.1) is 29.0 Å². The maximum atomic E-state index is 12.4. The molecule has 2 saturated carbocycles. The van der Waals surface area contributed by atoms with E-state index in [9.17, 15) is 4.79 Å². The second-order valence-corrected chi connectivity index (χ2v) is 10.5. The predicted octanol–water partition coefficient (Wildman–Crippen LogP) is 7.90. The number of rotatable bonds is 8. The molecule has 0 spiro atoms. The van der Waals surface area contributed by atoms with Crippen LogP contribution in [0, 0.1) is 5.92 Å². The van der Waals surface area contributed by atoms with Crippen LogP contribution in [0.1, 0.15) is 52.0 Å². The minimum absolute atomic E-state index is 0.0373. The van der Waals surface area contributed by atoms with Crippen molar-refractivity contribution >= 4 is 34.0 Å². The molecule has 6 rings (SSSR count). The van der Waals surface area contributed by atoms with Crippen LogP contribution in [0.15, 0.2) is 53.4 Å². The first-order valence-corrected chi connectivity index (χ1v) is 13.8. The Labute approximate surface area is 215 Å². The standard InChI is InChI=1S/C29H31N3O3S/c1-3-34-23-13-14-24-26(15-23)32(22-5-4-6-22)28(27(24)25-16-36-17-30-25)20-9-11-21(12-10-20)31-29(33)35-18(2)19-7-8-19/h9-19,22H,3-8H2,1-2H3,(H,31,33). The number of carbonyl (C=O) groups excluding carboxylic acids is 1. The summed E-state index contributed by atoms with van der Waals surface area (Å²) >= 11 is 1.61. The first-order chi connectivity index (χ1) is 17.6. The number of thiazole rings is 1. The van der Waals surface area contributed by atoms with Gasteiger partial charge in [-0.15, -0.1) is 11.3 Å². The molecule has 6 nitrogen and oxygen atoms in total. The topological polar surface area (TPSA) is 65.4 Å². The van der Waals surface area contributed by atoms with E-state index < -0.39 is 6.09 Å². The number of aromatic nitrogens is 2. The fourth-order valence-corrected chi connectivity index (χ4v) is 5.68. The molecule has 2 aromatic carbocycles. The Kier molecular flexibility index (Phi) is 6.17. The molecule has 2 fully saturated rings. The van der Waals surface area contributed by atoms with Gasteiger partial charge in [-0.1, -0.05) is 12.1 Å². The van der Waals surface area contributed by atoms with E-state index in [2.05, 4.69) is 45.6 Å². The lowest BCUT2D eigenvalue weighted by molar-refractivity contribution is 0.108. The fourth-order valence-electron chi connectivity index (χ4n) is 5.14. The second kappa shape index (κ2) is 9.62. The summed E-state index contributed by atoms with van der Waals surface area (Å²) < 4.78 is 13.9. The van der Waals surface area contributed by atoms with E-state index in [1.54, 1.807) is 11.3 Å². The number of ether oxygens (including phenoxy) is 2. The number of hydrogen-bond acceptors (Lipinski definition) is 5. The number of benzene rings is 2. The molecule has 2 heterocycles. The van der Waals surface area contributed by atoms with E-state index >= 15 is 0 Å². The molecule has 0 bridgehead atoms. The minimum atomic E-state index is -0.391. The maximum Gasteiger partial charge on any atom is 0.411 e. The second-order valence-electron chi connectivity index (χ2n) is 9.81. The quantitative estimate of drug-likeness (QED) is 0.266. The Morgan fingerprint density at radius 3 is 2.61 bits per heavy atom. The molecule has 2 aromatic heterocycles. The number of hydrogen-bond donors (Lipinski definition) is 1. The number of amides is 1. The lowest BCUT2D eigenvalue weighted by Crippen LogP contribution is -2.21. The predicted molar refractivity (Wildman–Crippen MR) is 145 cm³/mol. The minimum Gasteiger partial charge on any atom is -0.494 e. The van der Waals surface area contributed by atoms with Crippen molar-refractivity contribution in [1.29, 1.82) is 0 Å². The van der Waals surface area contributed by atoms with Crippen molar-refractivity contribution < 1.29 is 14.3 Å². The number of fused-ring (bicyclic) bond motifs is 1. The number of nitrogens with one attached hydrogen (secondary N) is 1. The van der Waals surface area contributed by atoms with E-state index in [1.165, 1.54) is 23.0 Å². The molecular weight excluding hydrogens is 470 g/mol. The molecule has 7 heteroatoms. The molecular formula is C29H31N3O3S. The lowest BCUT2D eigenvalue weighted by atomic mass is 9.92. The smallest absolute Gasteiger partial charge is 0.411 e. The summed E-state index contributed by atoms with van der Waals surface area (Å²) in [5.74, 6) is 1.40. The SMILES string of the molecule is CCOc1ccc2c(-c3cscn3)c(-c3ccc(NC(=O)OC(C)C4CC4)cc3)n(C3CCC3)c2c1. The van der Waals surface area contributed by atoms with E-state index in [-0.39, 0.29) is 6.10 Å². The summed E-state index contributed by atoms with van der Waals surface area (Å²) in [6.45, 7) is 4.62. The van der Waals surface area contributed by atoms with E-state index in [0.717, 1.165) is 53.9 Å². The van der Waals surface area contributed by atoms with Gasteiger partial charge in [0.1, 0.15) is 11.9 Å². The molecule has 0 saturated heterocycles. The van der Waals surface area contributed by atoms with E-state index in [4.69, 9.17) is 14.5 Å². The van der Waals surface area contributed by atoms with Crippen molar-refractivity contribution in [2.75, 3.05) is 11.9 Å². The lowest BCUT2D eigenvalue weighted by Gasteiger charge is -2.30. The normalized spacial score (nSPS) is 16.5. The first-order valence-electron chi connectivity index (χ1n) is 12.9. The molecule has 4 aromatic rings. The van der Waals surface area contributed by atoms with Gasteiger partial charge in [-0.05, 0) is 81.7 Å². The zero-order valence-corrected chi connectivity index (χ0v) is 21.5. The Balaban J connectivity index is 1.41. The highest BCUT2D eigenvalue weighted by Gasteiger charge is 2.31. The Morgan fingerprint density at radius 2 is 1.97 bits per heavy atom. The average molecular weight is 502 g/mol. The average Bonchev–Trinajstić information content (AvgIpc) is 3.47. The third-order valence-corrected chi connectivity index (χ3v) is 7.99. The zero-order valence-electron chi connectivity index (χ0n) is 20.7. The first kappa shape index (κ1) is 23.1. The van der Waals surface area contributed by atoms with Gasteiger partial charge in [0, 0.05) is 34.1 Å². The van der Waals surface area contributed by atoms with Gasteiger partial charge in [0.15, 0.2) is 0 Å². The summed E-state index contributed by atoms with van der Waals surface area (Å²) in [6, 6.07) is 14.9. The molecule has 2 aliphatic carbocycles. The third kappa shape index (κ3) is 4.37. The highest BCUT2D eigenvalue weighted by Crippen LogP contribution is 2.47. The fraction of sp³-hybridized carbons (Fsp3) is 0.379. The van der Waals surface area contributed by atoms with Gasteiger partial charge in [-0.2, -0.15) is 0 Å². The largest absolute Gasteiger partial charge is 0.494 e. The maximum absolute atomic E-state index is 12.4. The summed E-state index contributed by atoms with van der Waals surface area (Å²) in [7, 11) is 0. The van der Waals surface area contributed by atoms with Crippen molar-refractivity contribution in [3.8, 4) is 28.3 Å². The molecule has 1 atom stereocenters. The van der Waals surface area contributed by atoms with Crippen LogP contribution in [-0.2, 0) is 4.74 Å². The van der Waals surface area contributed by atoms with E-state index in [0.29, 0.717) is 18.6 Å². The highest BCUT2D eigenvalue weighted by atomic mass is 32.1. The summed E-state index contributed by atoms with van der Waals surface area (Å²) in [6.07, 6.45) is 5.43. The van der Waals surface area contributed by atoms with Crippen LogP contribution >= 0.6 is 11.3 Å². The van der Waals surface area contributed by atoms with Crippen LogP contribution in [-0.4, -0.2) is 28.4 Å². The van der Waals surface area contributed by atoms with Gasteiger partial charge >= 0.3 is 6.09 Å². The number of anilines is 1. The molecule has 36 heavy (non-hydrogen) atoms. The molecule has 1 unspecified atom stereocenters. The monoisotopic (exact) mass is 501 g/mol. The van der Waals surface area contributed by atoms with Gasteiger partial charge in [-0.25, -0.2) is 9.78 Å². The van der Waals surface area contributed by atoms with Crippen molar-refractivity contribution in [2.45, 2.75) is 58.1 Å². The zero-order chi connectivity index (χ0) is 24.6. The third-order valence-electron chi connectivity index (χ3n) is 7.40. The van der Waals surface area contributed by atoms with Crippen molar-refractivity contribution in [2.24, 2.45) is 5.92 Å². The Bertz CT molecular complexity index is 1370. The molecule has 1 N–H and O–H groups in total. The van der Waals surface area contributed by atoms with Crippen LogP contribution in [0.25, 0.3) is 33.4 Å². The molecule has 1 amide bonds. The molecule has 0 aliphatic heterocycles. The number of nitrogens with zero attached hydrogens (tertiary/aromatic N) is 2. The van der Waals surface area contributed by atoms with Crippen molar-refractivity contribution in [1.82, 2.24) is 9.55 Å². The van der Waals surface area contributed by atoms with Crippen molar-refractivity contribution in [3.05, 3.63) is 53.4 Å². The van der Waals surface area contributed by atoms with Gasteiger partial charge in [0.2, 0.25) is 0 Å². The van der Waals surface area contributed by atoms with Crippen LogP contribution in [0.5, 0.6) is 5.75 Å². The van der Waals surface area contributed by atoms with Crippen molar-refractivity contribution in [3.63, 3.8) is 0 Å². The Hall–Kier alpha value is -3.32. The molecule has 186 valence electrons.